The summed E-state index contributed by atoms with van der Waals surface area (Å²) in [5, 5.41) is 3.11. The predicted octanol–water partition coefficient (Wildman–Crippen LogP) is 2.85. The first-order valence-electron chi connectivity index (χ1n) is 11.3. The van der Waals surface area contributed by atoms with Gasteiger partial charge in [0, 0.05) is 58.2 Å². The van der Waals surface area contributed by atoms with Gasteiger partial charge in [0.2, 0.25) is 5.91 Å². The molecule has 0 aromatic heterocycles. The fourth-order valence-electron chi connectivity index (χ4n) is 4.81. The number of hydrogen-bond acceptors (Lipinski definition) is 5. The molecule has 0 radical (unpaired) electrons. The van der Waals surface area contributed by atoms with E-state index in [1.54, 1.807) is 14.2 Å². The molecule has 0 spiro atoms. The van der Waals surface area contributed by atoms with Crippen molar-refractivity contribution < 1.29 is 18.7 Å². The molecule has 6 nitrogen and oxygen atoms in total. The van der Waals surface area contributed by atoms with E-state index in [0.717, 1.165) is 43.9 Å². The van der Waals surface area contributed by atoms with E-state index >= 15 is 0 Å². The number of fused-ring (bicyclic) bond motifs is 3. The monoisotopic (exact) mass is 441 g/mol. The summed E-state index contributed by atoms with van der Waals surface area (Å²) in [5.74, 6) is 0.580. The lowest BCUT2D eigenvalue weighted by Gasteiger charge is -2.49. The van der Waals surface area contributed by atoms with Gasteiger partial charge in [-0.1, -0.05) is 18.2 Å². The van der Waals surface area contributed by atoms with Crippen molar-refractivity contribution in [2.75, 3.05) is 51.9 Å². The molecule has 2 aliphatic heterocycles. The third-order valence-electron chi connectivity index (χ3n) is 6.49. The molecule has 4 rings (SSSR count). The largest absolute Gasteiger partial charge is 0.497 e. The first kappa shape index (κ1) is 22.6. The second-order valence-corrected chi connectivity index (χ2v) is 8.56. The Hall–Kier alpha value is -2.64. The molecule has 1 fully saturated rings. The van der Waals surface area contributed by atoms with Crippen LogP contribution in [0.4, 0.5) is 10.1 Å². The number of ether oxygens (including phenoxy) is 2. The zero-order chi connectivity index (χ0) is 22.5. The topological polar surface area (TPSA) is 54.0 Å². The Morgan fingerprint density at radius 1 is 1.16 bits per heavy atom. The molecule has 1 N–H and O–H groups in total. The van der Waals surface area contributed by atoms with E-state index in [-0.39, 0.29) is 23.7 Å². The highest BCUT2D eigenvalue weighted by molar-refractivity contribution is 5.82. The van der Waals surface area contributed by atoms with Gasteiger partial charge in [-0.05, 0) is 42.2 Å². The van der Waals surface area contributed by atoms with E-state index in [1.165, 1.54) is 23.4 Å². The molecule has 1 saturated heterocycles. The van der Waals surface area contributed by atoms with Gasteiger partial charge in [0.05, 0.1) is 19.1 Å². The van der Waals surface area contributed by atoms with Crippen molar-refractivity contribution in [1.29, 1.82) is 0 Å². The highest BCUT2D eigenvalue weighted by atomic mass is 19.1. The molecule has 2 atom stereocenters. The average molecular weight is 442 g/mol. The van der Waals surface area contributed by atoms with Gasteiger partial charge in [-0.25, -0.2) is 4.39 Å². The summed E-state index contributed by atoms with van der Waals surface area (Å²) in [5.41, 5.74) is 3.43. The molecule has 2 aromatic rings. The summed E-state index contributed by atoms with van der Waals surface area (Å²) in [4.78, 5) is 17.9. The van der Waals surface area contributed by atoms with Crippen molar-refractivity contribution in [2.24, 2.45) is 5.92 Å². The summed E-state index contributed by atoms with van der Waals surface area (Å²) in [6.45, 7) is 4.49. The first-order valence-corrected chi connectivity index (χ1v) is 11.3. The molecule has 2 aromatic carbocycles. The zero-order valence-corrected chi connectivity index (χ0v) is 18.9. The number of hydrogen-bond donors (Lipinski definition) is 1. The van der Waals surface area contributed by atoms with E-state index < -0.39 is 0 Å². The molecule has 0 saturated carbocycles. The zero-order valence-electron chi connectivity index (χ0n) is 18.9. The molecular formula is C25H32FN3O3. The minimum absolute atomic E-state index is 0.0752. The number of carbonyl (C=O) groups excluding carboxylic acids is 1. The van der Waals surface area contributed by atoms with Gasteiger partial charge in [0.1, 0.15) is 11.6 Å². The summed E-state index contributed by atoms with van der Waals surface area (Å²) >= 11 is 0. The van der Waals surface area contributed by atoms with Crippen molar-refractivity contribution in [3.05, 3.63) is 59.4 Å². The van der Waals surface area contributed by atoms with Gasteiger partial charge in [-0.15, -0.1) is 0 Å². The Kier molecular flexibility index (Phi) is 7.27. The van der Waals surface area contributed by atoms with E-state index in [2.05, 4.69) is 27.2 Å². The number of nitrogens with zero attached hydrogens (tertiary/aromatic N) is 2. The van der Waals surface area contributed by atoms with Gasteiger partial charge in [-0.3, -0.25) is 9.69 Å². The smallest absolute Gasteiger partial charge is 0.225 e. The van der Waals surface area contributed by atoms with Crippen molar-refractivity contribution in [1.82, 2.24) is 10.2 Å². The van der Waals surface area contributed by atoms with Crippen LogP contribution in [0.2, 0.25) is 0 Å². The Morgan fingerprint density at radius 2 is 1.97 bits per heavy atom. The first-order chi connectivity index (χ1) is 15.6. The molecule has 2 heterocycles. The minimum atomic E-state index is -0.221. The molecule has 2 unspecified atom stereocenters. The summed E-state index contributed by atoms with van der Waals surface area (Å²) < 4.78 is 23.9. The number of halogens is 1. The number of carbonyl (C=O) groups is 1. The maximum atomic E-state index is 13.3. The van der Waals surface area contributed by atoms with Crippen LogP contribution in [-0.4, -0.2) is 63.9 Å². The number of methoxy groups -OCH3 is 2. The van der Waals surface area contributed by atoms with E-state index in [0.29, 0.717) is 19.6 Å². The highest BCUT2D eigenvalue weighted by Gasteiger charge is 2.41. The molecular weight excluding hydrogens is 409 g/mol. The van der Waals surface area contributed by atoms with Crippen molar-refractivity contribution in [2.45, 2.75) is 25.4 Å². The summed E-state index contributed by atoms with van der Waals surface area (Å²) in [6.07, 6.45) is 1.51. The SMILES string of the molecule is COCCCNC(=O)C1Cc2ccc(OC)cc2N2CCN(Cc3ccc(F)cc3)CC12. The van der Waals surface area contributed by atoms with E-state index in [9.17, 15) is 9.18 Å². The molecule has 1 amide bonds. The van der Waals surface area contributed by atoms with Crippen LogP contribution in [0.15, 0.2) is 42.5 Å². The van der Waals surface area contributed by atoms with Gasteiger partial charge in [0.25, 0.3) is 0 Å². The minimum Gasteiger partial charge on any atom is -0.497 e. The second-order valence-electron chi connectivity index (χ2n) is 8.56. The van der Waals surface area contributed by atoms with Crippen LogP contribution >= 0.6 is 0 Å². The molecule has 0 aliphatic carbocycles. The Labute approximate surface area is 189 Å². The number of benzene rings is 2. The molecule has 7 heteroatoms. The van der Waals surface area contributed by atoms with Crippen molar-refractivity contribution in [3.63, 3.8) is 0 Å². The van der Waals surface area contributed by atoms with Gasteiger partial charge in [0.15, 0.2) is 0 Å². The lowest BCUT2D eigenvalue weighted by Crippen LogP contribution is -2.60. The third-order valence-corrected chi connectivity index (χ3v) is 6.49. The van der Waals surface area contributed by atoms with Gasteiger partial charge >= 0.3 is 0 Å². The fourth-order valence-corrected chi connectivity index (χ4v) is 4.81. The summed E-state index contributed by atoms with van der Waals surface area (Å²) in [6, 6.07) is 12.9. The van der Waals surface area contributed by atoms with E-state index in [4.69, 9.17) is 9.47 Å². The quantitative estimate of drug-likeness (QED) is 0.639. The van der Waals surface area contributed by atoms with Crippen LogP contribution in [0.25, 0.3) is 0 Å². The maximum absolute atomic E-state index is 13.3. The number of nitrogens with one attached hydrogen (secondary N) is 1. The average Bonchev–Trinajstić information content (AvgIpc) is 2.82. The molecule has 32 heavy (non-hydrogen) atoms. The normalized spacial score (nSPS) is 20.4. The van der Waals surface area contributed by atoms with Crippen LogP contribution < -0.4 is 15.0 Å². The number of amides is 1. The molecule has 2 aliphatic rings. The van der Waals surface area contributed by atoms with Crippen molar-refractivity contribution >= 4 is 11.6 Å². The molecule has 0 bridgehead atoms. The maximum Gasteiger partial charge on any atom is 0.225 e. The second kappa shape index (κ2) is 10.3. The van der Waals surface area contributed by atoms with Crippen LogP contribution in [0.5, 0.6) is 5.75 Å². The lowest BCUT2D eigenvalue weighted by atomic mass is 9.83. The number of anilines is 1. The fraction of sp³-hybridized carbons (Fsp3) is 0.480. The Morgan fingerprint density at radius 3 is 2.72 bits per heavy atom. The lowest BCUT2D eigenvalue weighted by molar-refractivity contribution is -0.126. The standard InChI is InChI=1S/C25H32FN3O3/c1-31-13-3-10-27-25(30)22-14-19-6-9-21(32-2)15-23(19)29-12-11-28(17-24(22)29)16-18-4-7-20(26)8-5-18/h4-9,15,22,24H,3,10-14,16-17H2,1-2H3,(H,27,30). The predicted molar refractivity (Wildman–Crippen MR) is 123 cm³/mol. The third kappa shape index (κ3) is 5.05. The Bertz CT molecular complexity index is 921. The summed E-state index contributed by atoms with van der Waals surface area (Å²) in [7, 11) is 3.35. The van der Waals surface area contributed by atoms with Crippen LogP contribution in [0.3, 0.4) is 0 Å². The van der Waals surface area contributed by atoms with Crippen LogP contribution in [0.1, 0.15) is 17.5 Å². The molecule has 172 valence electrons. The Balaban J connectivity index is 1.53. The van der Waals surface area contributed by atoms with Gasteiger partial charge in [-0.2, -0.15) is 0 Å². The number of rotatable bonds is 8. The van der Waals surface area contributed by atoms with E-state index in [1.807, 2.05) is 18.2 Å². The van der Waals surface area contributed by atoms with Gasteiger partial charge < -0.3 is 19.7 Å². The van der Waals surface area contributed by atoms with Crippen LogP contribution in [0, 0.1) is 11.7 Å². The van der Waals surface area contributed by atoms with Crippen molar-refractivity contribution in [3.8, 4) is 5.75 Å². The van der Waals surface area contributed by atoms with Crippen LogP contribution in [-0.2, 0) is 22.5 Å². The highest BCUT2D eigenvalue weighted by Crippen LogP contribution is 2.38. The number of piperazine rings is 1.